The first-order valence-corrected chi connectivity index (χ1v) is 11.5. The zero-order valence-electron chi connectivity index (χ0n) is 17.4. The van der Waals surface area contributed by atoms with Crippen LogP contribution in [0.3, 0.4) is 0 Å². The Kier molecular flexibility index (Phi) is 5.70. The Labute approximate surface area is 203 Å². The van der Waals surface area contributed by atoms with E-state index in [0.29, 0.717) is 37.2 Å². The summed E-state index contributed by atoms with van der Waals surface area (Å²) in [6.07, 6.45) is -3.38. The smallest absolute Gasteiger partial charge is 0.364 e. The Morgan fingerprint density at radius 3 is 2.74 bits per heavy atom. The lowest BCUT2D eigenvalue weighted by Gasteiger charge is -2.33. The molecule has 34 heavy (non-hydrogen) atoms. The van der Waals surface area contributed by atoms with Crippen LogP contribution in [0, 0.1) is 0 Å². The number of fused-ring (bicyclic) bond motifs is 3. The summed E-state index contributed by atoms with van der Waals surface area (Å²) in [6, 6.07) is 2.67. The fraction of sp³-hybridized carbons (Fsp3) is 0.400. The maximum absolute atomic E-state index is 13.3. The number of benzene rings is 1. The molecule has 4 heterocycles. The zero-order valence-corrected chi connectivity index (χ0v) is 19.7. The Balaban J connectivity index is 1.52. The van der Waals surface area contributed by atoms with E-state index in [1.54, 1.807) is 4.57 Å². The molecule has 0 atom stereocenters. The Morgan fingerprint density at radius 1 is 1.32 bits per heavy atom. The van der Waals surface area contributed by atoms with Crippen molar-refractivity contribution in [3.8, 4) is 0 Å². The summed E-state index contributed by atoms with van der Waals surface area (Å²) in [5.41, 5.74) is -1.06. The largest absolute Gasteiger partial charge is 0.416 e. The lowest BCUT2D eigenvalue weighted by Crippen LogP contribution is -2.43. The molecule has 0 radical (unpaired) electrons. The van der Waals surface area contributed by atoms with Gasteiger partial charge in [-0.1, -0.05) is 11.6 Å². The van der Waals surface area contributed by atoms with E-state index >= 15 is 0 Å². The number of nitrogens with zero attached hydrogens (tertiary/aromatic N) is 4. The van der Waals surface area contributed by atoms with Gasteiger partial charge in [-0.15, -0.1) is 5.10 Å². The third kappa shape index (κ3) is 3.89. The van der Waals surface area contributed by atoms with Gasteiger partial charge in [-0.25, -0.2) is 0 Å². The molecule has 2 aliphatic heterocycles. The molecule has 5 rings (SSSR count). The standard InChI is InChI=1S/C20H17BrClF3N6O3/c21-17-28-18-30(8-14(32)27-12-2-1-10(7-11(12)22)20(23,24)25)13-9-34-19(3-5-26-6-4-19)15(13)16(33)31(18)29-17/h1-2,7,26H,3-6,8-9H2,(H,27,32). The molecule has 1 amide bonds. The predicted octanol–water partition coefficient (Wildman–Crippen LogP) is 3.07. The third-order valence-electron chi connectivity index (χ3n) is 6.05. The molecule has 0 bridgehead atoms. The number of carbonyl (C=O) groups excluding carboxylic acids is 1. The summed E-state index contributed by atoms with van der Waals surface area (Å²) in [5.74, 6) is -0.432. The van der Waals surface area contributed by atoms with E-state index in [1.165, 1.54) is 0 Å². The van der Waals surface area contributed by atoms with Crippen LogP contribution in [0.25, 0.3) is 5.78 Å². The minimum Gasteiger partial charge on any atom is -0.364 e. The Bertz CT molecular complexity index is 1370. The number of amides is 1. The highest BCUT2D eigenvalue weighted by atomic mass is 79.9. The molecule has 0 saturated carbocycles. The van der Waals surface area contributed by atoms with Crippen LogP contribution in [0.15, 0.2) is 27.7 Å². The number of alkyl halides is 3. The van der Waals surface area contributed by atoms with Crippen molar-refractivity contribution in [2.45, 2.75) is 37.8 Å². The maximum atomic E-state index is 13.3. The zero-order chi connectivity index (χ0) is 24.3. The van der Waals surface area contributed by atoms with Crippen molar-refractivity contribution in [2.24, 2.45) is 0 Å². The first kappa shape index (κ1) is 23.3. The molecule has 2 aliphatic rings. The highest BCUT2D eigenvalue weighted by Crippen LogP contribution is 2.41. The second kappa shape index (κ2) is 8.33. The van der Waals surface area contributed by atoms with Crippen molar-refractivity contribution in [2.75, 3.05) is 18.4 Å². The molecule has 1 aromatic carbocycles. The highest BCUT2D eigenvalue weighted by molar-refractivity contribution is 9.10. The van der Waals surface area contributed by atoms with Crippen LogP contribution in [0.2, 0.25) is 5.02 Å². The summed E-state index contributed by atoms with van der Waals surface area (Å²) in [4.78, 5) is 30.5. The van der Waals surface area contributed by atoms with Crippen molar-refractivity contribution in [1.82, 2.24) is 24.5 Å². The summed E-state index contributed by atoms with van der Waals surface area (Å²) in [5, 5.41) is 9.65. The van der Waals surface area contributed by atoms with E-state index in [0.717, 1.165) is 22.7 Å². The van der Waals surface area contributed by atoms with Gasteiger partial charge in [0.15, 0.2) is 0 Å². The first-order valence-electron chi connectivity index (χ1n) is 10.3. The van der Waals surface area contributed by atoms with Crippen LogP contribution in [-0.4, -0.2) is 38.2 Å². The van der Waals surface area contributed by atoms with E-state index in [9.17, 15) is 22.8 Å². The van der Waals surface area contributed by atoms with Gasteiger partial charge >= 0.3 is 6.18 Å². The fourth-order valence-electron chi connectivity index (χ4n) is 4.48. The Hall–Kier alpha value is -2.48. The molecule has 9 nitrogen and oxygen atoms in total. The van der Waals surface area contributed by atoms with E-state index in [4.69, 9.17) is 16.3 Å². The van der Waals surface area contributed by atoms with Gasteiger partial charge in [-0.2, -0.15) is 22.7 Å². The summed E-state index contributed by atoms with van der Waals surface area (Å²) < 4.78 is 47.7. The van der Waals surface area contributed by atoms with Gasteiger partial charge in [-0.3, -0.25) is 9.59 Å². The molecule has 2 aromatic heterocycles. The van der Waals surface area contributed by atoms with Gasteiger partial charge in [0.05, 0.1) is 34.1 Å². The van der Waals surface area contributed by atoms with E-state index in [1.807, 2.05) is 0 Å². The fourth-order valence-corrected chi connectivity index (χ4v) is 5.02. The van der Waals surface area contributed by atoms with E-state index < -0.39 is 23.2 Å². The topological polar surface area (TPSA) is 103 Å². The minimum absolute atomic E-state index is 0.0297. The van der Waals surface area contributed by atoms with Gasteiger partial charge < -0.3 is 19.9 Å². The summed E-state index contributed by atoms with van der Waals surface area (Å²) in [6.45, 7) is 1.17. The summed E-state index contributed by atoms with van der Waals surface area (Å²) in [7, 11) is 0. The van der Waals surface area contributed by atoms with Crippen molar-refractivity contribution in [3.05, 3.63) is 55.1 Å². The van der Waals surface area contributed by atoms with Gasteiger partial charge in [0.2, 0.25) is 16.4 Å². The van der Waals surface area contributed by atoms with Crippen LogP contribution in [0.1, 0.15) is 29.7 Å². The molecule has 2 N–H and O–H groups in total. The quantitative estimate of drug-likeness (QED) is 0.510. The number of hydrogen-bond donors (Lipinski definition) is 2. The number of anilines is 1. The number of hydrogen-bond acceptors (Lipinski definition) is 6. The van der Waals surface area contributed by atoms with Crippen LogP contribution < -0.4 is 16.2 Å². The monoisotopic (exact) mass is 560 g/mol. The van der Waals surface area contributed by atoms with Gasteiger partial charge in [0.25, 0.3) is 5.56 Å². The lowest BCUT2D eigenvalue weighted by molar-refractivity contribution is -0.137. The van der Waals surface area contributed by atoms with E-state index in [2.05, 4.69) is 36.6 Å². The van der Waals surface area contributed by atoms with Crippen molar-refractivity contribution < 1.29 is 22.7 Å². The second-order valence-electron chi connectivity index (χ2n) is 8.08. The molecular formula is C20H17BrClF3N6O3. The molecule has 1 saturated heterocycles. The average molecular weight is 562 g/mol. The maximum Gasteiger partial charge on any atom is 0.416 e. The summed E-state index contributed by atoms with van der Waals surface area (Å²) >= 11 is 9.15. The number of aromatic nitrogens is 4. The second-order valence-corrected chi connectivity index (χ2v) is 9.20. The average Bonchev–Trinajstić information content (AvgIpc) is 3.34. The number of nitrogens with one attached hydrogen (secondary N) is 2. The third-order valence-corrected chi connectivity index (χ3v) is 6.70. The molecule has 1 fully saturated rings. The number of carbonyl (C=O) groups is 1. The molecular weight excluding hydrogens is 545 g/mol. The molecule has 1 spiro atoms. The number of ether oxygens (including phenoxy) is 1. The van der Waals surface area contributed by atoms with Gasteiger partial charge in [0, 0.05) is 0 Å². The normalized spacial score (nSPS) is 17.3. The molecule has 180 valence electrons. The van der Waals surface area contributed by atoms with Crippen LogP contribution in [0.5, 0.6) is 0 Å². The van der Waals surface area contributed by atoms with Crippen LogP contribution >= 0.6 is 27.5 Å². The van der Waals surface area contributed by atoms with Gasteiger partial charge in [0.1, 0.15) is 12.1 Å². The van der Waals surface area contributed by atoms with Crippen molar-refractivity contribution in [3.63, 3.8) is 0 Å². The highest BCUT2D eigenvalue weighted by Gasteiger charge is 2.46. The predicted molar refractivity (Wildman–Crippen MR) is 119 cm³/mol. The van der Waals surface area contributed by atoms with Gasteiger partial charge in [-0.05, 0) is 60.1 Å². The Morgan fingerprint density at radius 2 is 2.06 bits per heavy atom. The number of piperidine rings is 1. The lowest BCUT2D eigenvalue weighted by atomic mass is 9.86. The molecule has 3 aromatic rings. The number of rotatable bonds is 3. The molecule has 14 heteroatoms. The van der Waals surface area contributed by atoms with Crippen LogP contribution in [0.4, 0.5) is 18.9 Å². The molecule has 0 unspecified atom stereocenters. The first-order chi connectivity index (χ1) is 16.1. The van der Waals surface area contributed by atoms with Crippen molar-refractivity contribution in [1.29, 1.82) is 0 Å². The van der Waals surface area contributed by atoms with Crippen molar-refractivity contribution >= 4 is 44.9 Å². The van der Waals surface area contributed by atoms with Crippen LogP contribution in [-0.2, 0) is 34.5 Å². The molecule has 0 aliphatic carbocycles. The minimum atomic E-state index is -4.56. The SMILES string of the molecule is O=C(Cn1c2c(c(=O)n3nc(Br)nc13)C1(CCNCC1)OC2)Nc1ccc(C(F)(F)F)cc1Cl. The van der Waals surface area contributed by atoms with E-state index in [-0.39, 0.29) is 39.9 Å². The number of halogens is 5.